The maximum Gasteiger partial charge on any atom is 0.234 e. The van der Waals surface area contributed by atoms with Gasteiger partial charge in [0.05, 0.1) is 6.04 Å². The molecule has 1 rings (SSSR count). The van der Waals surface area contributed by atoms with Crippen LogP contribution in [0.5, 0.6) is 0 Å². The van der Waals surface area contributed by atoms with Crippen molar-refractivity contribution in [1.82, 2.24) is 10.2 Å². The van der Waals surface area contributed by atoms with Gasteiger partial charge in [-0.2, -0.15) is 0 Å². The van der Waals surface area contributed by atoms with E-state index in [0.29, 0.717) is 6.04 Å². The van der Waals surface area contributed by atoms with Gasteiger partial charge < -0.3 is 16.0 Å². The molecule has 4 heteroatoms. The number of nitrogens with two attached hydrogens (primary N) is 1. The van der Waals surface area contributed by atoms with Crippen LogP contribution >= 0.6 is 0 Å². The van der Waals surface area contributed by atoms with E-state index in [-0.39, 0.29) is 11.9 Å². The highest BCUT2D eigenvalue weighted by Crippen LogP contribution is 2.27. The Kier molecular flexibility index (Phi) is 6.65. The lowest BCUT2D eigenvalue weighted by Crippen LogP contribution is -2.46. The van der Waals surface area contributed by atoms with Gasteiger partial charge in [0.1, 0.15) is 0 Å². The first-order valence-corrected chi connectivity index (χ1v) is 7.30. The number of primary amides is 1. The Balaban J connectivity index is 2.30. The smallest absolute Gasteiger partial charge is 0.234 e. The van der Waals surface area contributed by atoms with Crippen LogP contribution in [0.3, 0.4) is 0 Å². The van der Waals surface area contributed by atoms with Crippen molar-refractivity contribution >= 4 is 5.91 Å². The van der Waals surface area contributed by atoms with E-state index in [1.165, 1.54) is 25.8 Å². The Morgan fingerprint density at radius 1 is 1.44 bits per heavy atom. The third kappa shape index (κ3) is 5.36. The molecular formula is C14H29N3O. The van der Waals surface area contributed by atoms with Crippen molar-refractivity contribution in [1.29, 1.82) is 0 Å². The van der Waals surface area contributed by atoms with Crippen LogP contribution in [0.4, 0.5) is 0 Å². The number of amides is 1. The summed E-state index contributed by atoms with van der Waals surface area (Å²) < 4.78 is 0. The topological polar surface area (TPSA) is 58.4 Å². The minimum absolute atomic E-state index is 0.194. The molecule has 0 saturated heterocycles. The molecule has 0 spiro atoms. The number of rotatable bonds is 9. The summed E-state index contributed by atoms with van der Waals surface area (Å²) in [7, 11) is 0. The highest BCUT2D eigenvalue weighted by molar-refractivity contribution is 5.79. The maximum atomic E-state index is 11.4. The first-order valence-electron chi connectivity index (χ1n) is 7.30. The van der Waals surface area contributed by atoms with Crippen LogP contribution < -0.4 is 11.1 Å². The summed E-state index contributed by atoms with van der Waals surface area (Å²) >= 11 is 0. The average molecular weight is 255 g/mol. The van der Waals surface area contributed by atoms with E-state index in [4.69, 9.17) is 5.73 Å². The lowest BCUT2D eigenvalue weighted by atomic mass is 9.85. The van der Waals surface area contributed by atoms with Crippen LogP contribution in [0.1, 0.15) is 46.5 Å². The molecule has 1 atom stereocenters. The first-order chi connectivity index (χ1) is 8.52. The van der Waals surface area contributed by atoms with Gasteiger partial charge in [0.2, 0.25) is 5.91 Å². The molecule has 0 heterocycles. The van der Waals surface area contributed by atoms with Crippen LogP contribution in [0.25, 0.3) is 0 Å². The molecule has 0 bridgehead atoms. The monoisotopic (exact) mass is 255 g/mol. The average Bonchev–Trinajstić information content (AvgIpc) is 2.24. The molecular weight excluding hydrogens is 226 g/mol. The summed E-state index contributed by atoms with van der Waals surface area (Å²) in [5.74, 6) is 0.651. The van der Waals surface area contributed by atoms with Crippen molar-refractivity contribution in [2.75, 3.05) is 19.6 Å². The van der Waals surface area contributed by atoms with E-state index in [9.17, 15) is 4.79 Å². The third-order valence-electron chi connectivity index (χ3n) is 3.80. The van der Waals surface area contributed by atoms with Gasteiger partial charge in [0.15, 0.2) is 0 Å². The van der Waals surface area contributed by atoms with Gasteiger partial charge in [-0.05, 0) is 31.7 Å². The van der Waals surface area contributed by atoms with Gasteiger partial charge in [-0.1, -0.05) is 27.2 Å². The van der Waals surface area contributed by atoms with E-state index in [0.717, 1.165) is 25.4 Å². The van der Waals surface area contributed by atoms with Gasteiger partial charge in [-0.25, -0.2) is 0 Å². The molecule has 0 aromatic heterocycles. The summed E-state index contributed by atoms with van der Waals surface area (Å²) in [6.45, 7) is 9.48. The molecule has 4 nitrogen and oxygen atoms in total. The summed E-state index contributed by atoms with van der Waals surface area (Å²) in [5, 5.41) is 3.24. The van der Waals surface area contributed by atoms with E-state index in [2.05, 4.69) is 17.1 Å². The van der Waals surface area contributed by atoms with Crippen LogP contribution in [0.2, 0.25) is 0 Å². The van der Waals surface area contributed by atoms with Crippen molar-refractivity contribution in [3.63, 3.8) is 0 Å². The summed E-state index contributed by atoms with van der Waals surface area (Å²) in [4.78, 5) is 13.8. The Bertz CT molecular complexity index is 251. The lowest BCUT2D eigenvalue weighted by molar-refractivity contribution is -0.120. The molecule has 1 unspecified atom stereocenters. The van der Waals surface area contributed by atoms with Crippen molar-refractivity contribution in [3.8, 4) is 0 Å². The highest BCUT2D eigenvalue weighted by atomic mass is 16.1. The molecule has 106 valence electrons. The van der Waals surface area contributed by atoms with Crippen molar-refractivity contribution in [2.24, 2.45) is 11.7 Å². The third-order valence-corrected chi connectivity index (χ3v) is 3.80. The van der Waals surface area contributed by atoms with E-state index in [1.807, 2.05) is 13.8 Å². The van der Waals surface area contributed by atoms with Gasteiger partial charge >= 0.3 is 0 Å². The molecule has 0 aromatic carbocycles. The van der Waals surface area contributed by atoms with Gasteiger partial charge in [-0.15, -0.1) is 0 Å². The molecule has 1 amide bonds. The zero-order valence-electron chi connectivity index (χ0n) is 12.1. The number of nitrogens with zero attached hydrogens (tertiary/aromatic N) is 1. The predicted molar refractivity (Wildman–Crippen MR) is 75.3 cm³/mol. The summed E-state index contributed by atoms with van der Waals surface area (Å²) in [5.41, 5.74) is 5.43. The SMILES string of the molecule is CCN(CCC(NC(C)C)C(N)=O)CC1CCC1. The van der Waals surface area contributed by atoms with Gasteiger partial charge in [0, 0.05) is 19.1 Å². The summed E-state index contributed by atoms with van der Waals surface area (Å²) in [6.07, 6.45) is 4.95. The van der Waals surface area contributed by atoms with Crippen molar-refractivity contribution < 1.29 is 4.79 Å². The van der Waals surface area contributed by atoms with Crippen LogP contribution in [-0.4, -0.2) is 42.5 Å². The Hall–Kier alpha value is -0.610. The fourth-order valence-corrected chi connectivity index (χ4v) is 2.44. The maximum absolute atomic E-state index is 11.4. The normalized spacial score (nSPS) is 18.1. The fraction of sp³-hybridized carbons (Fsp3) is 0.929. The first kappa shape index (κ1) is 15.4. The lowest BCUT2D eigenvalue weighted by Gasteiger charge is -2.32. The number of hydrogen-bond donors (Lipinski definition) is 2. The van der Waals surface area contributed by atoms with Crippen LogP contribution in [-0.2, 0) is 4.79 Å². The molecule has 0 radical (unpaired) electrons. The highest BCUT2D eigenvalue weighted by Gasteiger charge is 2.21. The largest absolute Gasteiger partial charge is 0.368 e. The number of carbonyl (C=O) groups excluding carboxylic acids is 1. The zero-order valence-corrected chi connectivity index (χ0v) is 12.1. The Morgan fingerprint density at radius 2 is 2.11 bits per heavy atom. The molecule has 18 heavy (non-hydrogen) atoms. The molecule has 1 aliphatic rings. The van der Waals surface area contributed by atoms with Crippen molar-refractivity contribution in [3.05, 3.63) is 0 Å². The predicted octanol–water partition coefficient (Wildman–Crippen LogP) is 1.35. The van der Waals surface area contributed by atoms with E-state index in [1.54, 1.807) is 0 Å². The zero-order chi connectivity index (χ0) is 13.5. The van der Waals surface area contributed by atoms with E-state index < -0.39 is 0 Å². The fourth-order valence-electron chi connectivity index (χ4n) is 2.44. The molecule has 0 aromatic rings. The second kappa shape index (κ2) is 7.74. The molecule has 0 aliphatic heterocycles. The standard InChI is InChI=1S/C14H29N3O/c1-4-17(10-12-6-5-7-12)9-8-13(14(15)18)16-11(2)3/h11-13,16H,4-10H2,1-3H3,(H2,15,18). The second-order valence-corrected chi connectivity index (χ2v) is 5.76. The van der Waals surface area contributed by atoms with Gasteiger partial charge in [0.25, 0.3) is 0 Å². The van der Waals surface area contributed by atoms with Crippen LogP contribution in [0.15, 0.2) is 0 Å². The van der Waals surface area contributed by atoms with E-state index >= 15 is 0 Å². The van der Waals surface area contributed by atoms with Gasteiger partial charge in [-0.3, -0.25) is 4.79 Å². The number of hydrogen-bond acceptors (Lipinski definition) is 3. The molecule has 1 fully saturated rings. The molecule has 1 saturated carbocycles. The molecule has 1 aliphatic carbocycles. The summed E-state index contributed by atoms with van der Waals surface area (Å²) in [6, 6.07) is 0.102. The Labute approximate surface area is 111 Å². The number of nitrogens with one attached hydrogen (secondary N) is 1. The number of carbonyl (C=O) groups is 1. The second-order valence-electron chi connectivity index (χ2n) is 5.76. The minimum atomic E-state index is -0.233. The minimum Gasteiger partial charge on any atom is -0.368 e. The Morgan fingerprint density at radius 3 is 2.50 bits per heavy atom. The quantitative estimate of drug-likeness (QED) is 0.654. The van der Waals surface area contributed by atoms with Crippen molar-refractivity contribution in [2.45, 2.75) is 58.5 Å². The molecule has 3 N–H and O–H groups in total. The van der Waals surface area contributed by atoms with Crippen LogP contribution in [0, 0.1) is 5.92 Å².